The Balaban J connectivity index is 1.34. The number of aryl methyl sites for hydroxylation is 2. The zero-order chi connectivity index (χ0) is 27.4. The van der Waals surface area contributed by atoms with Crippen molar-refractivity contribution in [3.05, 3.63) is 66.2 Å². The fourth-order valence-electron chi connectivity index (χ4n) is 6.17. The maximum atomic E-state index is 6.43. The molecule has 1 atom stereocenters. The molecule has 3 saturated heterocycles. The lowest BCUT2D eigenvalue weighted by Crippen LogP contribution is -2.53. The van der Waals surface area contributed by atoms with Gasteiger partial charge >= 0.3 is 0 Å². The second-order valence-corrected chi connectivity index (χ2v) is 10.9. The van der Waals surface area contributed by atoms with Gasteiger partial charge in [-0.1, -0.05) is 0 Å². The Labute approximate surface area is 232 Å². The van der Waals surface area contributed by atoms with Crippen molar-refractivity contribution in [2.24, 2.45) is 5.92 Å². The number of hydrogen-bond acceptors (Lipinski definition) is 10. The number of nitrogens with one attached hydrogen (secondary N) is 1. The van der Waals surface area contributed by atoms with Crippen LogP contribution in [0.15, 0.2) is 54.9 Å². The molecule has 8 rings (SSSR count). The lowest BCUT2D eigenvalue weighted by Gasteiger charge is -2.44. The van der Waals surface area contributed by atoms with E-state index >= 15 is 0 Å². The predicted octanol–water partition coefficient (Wildman–Crippen LogP) is 4.73. The monoisotopic (exact) mass is 532 g/mol. The fraction of sp³-hybridized carbons (Fsp3) is 0.300. The number of piperidine rings is 3. The molecule has 0 spiro atoms. The number of fused-ring (bicyclic) bond motifs is 5. The Bertz CT molecular complexity index is 1650. The molecule has 5 aromatic rings. The molecule has 2 aromatic carbocycles. The number of rotatable bonds is 5. The number of anilines is 6. The van der Waals surface area contributed by atoms with Crippen molar-refractivity contribution in [1.82, 2.24) is 29.8 Å². The Kier molecular flexibility index (Phi) is 5.85. The molecule has 202 valence electrons. The van der Waals surface area contributed by atoms with E-state index in [9.17, 15) is 0 Å². The van der Waals surface area contributed by atoms with Gasteiger partial charge in [-0.05, 0) is 94.2 Å². The van der Waals surface area contributed by atoms with Gasteiger partial charge in [0.25, 0.3) is 0 Å². The largest absolute Gasteiger partial charge is 0.398 e. The molecular formula is C30H32N10. The van der Waals surface area contributed by atoms with Crippen LogP contribution in [0, 0.1) is 19.8 Å². The molecule has 10 heteroatoms. The second-order valence-electron chi connectivity index (χ2n) is 10.9. The maximum absolute atomic E-state index is 6.43. The van der Waals surface area contributed by atoms with Gasteiger partial charge in [-0.25, -0.2) is 9.97 Å². The number of benzene rings is 2. The minimum atomic E-state index is 0.329. The minimum absolute atomic E-state index is 0.329. The molecule has 0 aliphatic carbocycles. The van der Waals surface area contributed by atoms with Gasteiger partial charge in [0.05, 0.1) is 11.0 Å². The zero-order valence-corrected chi connectivity index (χ0v) is 22.7. The van der Waals surface area contributed by atoms with Crippen LogP contribution in [0.2, 0.25) is 0 Å². The summed E-state index contributed by atoms with van der Waals surface area (Å²) >= 11 is 0. The molecule has 0 amide bonds. The first-order chi connectivity index (χ1) is 19.4. The number of pyridine rings is 2. The Morgan fingerprint density at radius 3 is 1.95 bits per heavy atom. The number of nitrogen functional groups attached to an aromatic ring is 2. The molecular weight excluding hydrogens is 500 g/mol. The van der Waals surface area contributed by atoms with Crippen molar-refractivity contribution in [2.75, 3.05) is 41.3 Å². The zero-order valence-electron chi connectivity index (χ0n) is 22.7. The Hall–Kier alpha value is -4.57. The molecule has 10 nitrogen and oxygen atoms in total. The Morgan fingerprint density at radius 2 is 1.40 bits per heavy atom. The van der Waals surface area contributed by atoms with Gasteiger partial charge in [-0.15, -0.1) is 0 Å². The molecule has 3 fully saturated rings. The summed E-state index contributed by atoms with van der Waals surface area (Å²) in [6, 6.07) is 16.2. The van der Waals surface area contributed by atoms with Crippen LogP contribution in [0.3, 0.4) is 0 Å². The first-order valence-electron chi connectivity index (χ1n) is 13.7. The quantitative estimate of drug-likeness (QED) is 0.292. The van der Waals surface area contributed by atoms with E-state index in [2.05, 4.69) is 30.2 Å². The third-order valence-electron chi connectivity index (χ3n) is 8.15. The van der Waals surface area contributed by atoms with Crippen LogP contribution in [0.1, 0.15) is 24.2 Å². The molecule has 2 bridgehead atoms. The highest BCUT2D eigenvalue weighted by molar-refractivity contribution is 5.97. The molecule has 6 heterocycles. The number of nitrogens with two attached hydrogens (primary N) is 2. The van der Waals surface area contributed by atoms with Gasteiger partial charge < -0.3 is 21.7 Å². The van der Waals surface area contributed by atoms with E-state index in [1.165, 1.54) is 25.9 Å². The topological polar surface area (TPSA) is 135 Å². The molecule has 1 unspecified atom stereocenters. The summed E-state index contributed by atoms with van der Waals surface area (Å²) in [4.78, 5) is 27.9. The van der Waals surface area contributed by atoms with Gasteiger partial charge in [-0.2, -0.15) is 4.98 Å². The standard InChI is InChI=1S/C30H32N10/c1-17-11-24(31)22-13-20(3-5-26(22)35-17)40(21-4-6-27-23(14-21)25(32)12-18(2)36-27)30-34-16-33-29(38-30)37-28-15-39-9-7-19(28)8-10-39/h3-6,11-14,16,19,28H,7-10,15H2,1-2H3,(H2,31,35)(H2,32,36)(H,33,34,37,38). The van der Waals surface area contributed by atoms with E-state index in [4.69, 9.17) is 16.5 Å². The maximum Gasteiger partial charge on any atom is 0.239 e. The lowest BCUT2D eigenvalue weighted by molar-refractivity contribution is 0.0972. The summed E-state index contributed by atoms with van der Waals surface area (Å²) in [5.41, 5.74) is 19.3. The molecule has 3 aliphatic rings. The van der Waals surface area contributed by atoms with Gasteiger partial charge in [0.2, 0.25) is 11.9 Å². The molecule has 0 saturated carbocycles. The normalized spacial score (nSPS) is 20.2. The molecule has 40 heavy (non-hydrogen) atoms. The minimum Gasteiger partial charge on any atom is -0.398 e. The predicted molar refractivity (Wildman–Crippen MR) is 160 cm³/mol. The van der Waals surface area contributed by atoms with E-state index < -0.39 is 0 Å². The van der Waals surface area contributed by atoms with Crippen molar-refractivity contribution in [1.29, 1.82) is 0 Å². The fourth-order valence-corrected chi connectivity index (χ4v) is 6.17. The van der Waals surface area contributed by atoms with Crippen molar-refractivity contribution in [3.63, 3.8) is 0 Å². The molecule has 5 N–H and O–H groups in total. The van der Waals surface area contributed by atoms with Crippen LogP contribution in [0.4, 0.5) is 34.6 Å². The van der Waals surface area contributed by atoms with E-state index in [0.717, 1.165) is 51.1 Å². The molecule has 0 radical (unpaired) electrons. The van der Waals surface area contributed by atoms with E-state index in [1.807, 2.05) is 67.3 Å². The SMILES string of the molecule is Cc1cc(N)c2cc(N(c3ccc4nc(C)cc(N)c4c3)c3ncnc(NC4CN5CCC4CC5)n3)ccc2n1. The summed E-state index contributed by atoms with van der Waals surface area (Å²) in [6.07, 6.45) is 3.99. The van der Waals surface area contributed by atoms with Crippen molar-refractivity contribution >= 4 is 56.5 Å². The van der Waals surface area contributed by atoms with Crippen LogP contribution < -0.4 is 21.7 Å². The number of hydrogen-bond donors (Lipinski definition) is 3. The first-order valence-corrected chi connectivity index (χ1v) is 13.7. The molecule has 3 aromatic heterocycles. The first kappa shape index (κ1) is 24.5. The van der Waals surface area contributed by atoms with Gasteiger partial charge in [0.1, 0.15) is 6.33 Å². The lowest BCUT2D eigenvalue weighted by atomic mass is 9.84. The summed E-state index contributed by atoms with van der Waals surface area (Å²) in [5, 5.41) is 5.34. The second kappa shape index (κ2) is 9.56. The van der Waals surface area contributed by atoms with Crippen molar-refractivity contribution in [2.45, 2.75) is 32.7 Å². The van der Waals surface area contributed by atoms with Crippen molar-refractivity contribution in [3.8, 4) is 0 Å². The highest BCUT2D eigenvalue weighted by Crippen LogP contribution is 2.37. The van der Waals surface area contributed by atoms with Crippen LogP contribution in [-0.4, -0.2) is 55.5 Å². The molecule has 3 aliphatic heterocycles. The van der Waals surface area contributed by atoms with E-state index in [1.54, 1.807) is 6.33 Å². The van der Waals surface area contributed by atoms with Gasteiger partial charge in [-0.3, -0.25) is 14.9 Å². The Morgan fingerprint density at radius 1 is 0.800 bits per heavy atom. The summed E-state index contributed by atoms with van der Waals surface area (Å²) in [6.45, 7) is 7.26. The van der Waals surface area contributed by atoms with Gasteiger partial charge in [0.15, 0.2) is 0 Å². The van der Waals surface area contributed by atoms with Crippen molar-refractivity contribution < 1.29 is 0 Å². The van der Waals surface area contributed by atoms with Crippen LogP contribution in [0.25, 0.3) is 21.8 Å². The van der Waals surface area contributed by atoms with Crippen LogP contribution in [0.5, 0.6) is 0 Å². The summed E-state index contributed by atoms with van der Waals surface area (Å²) in [7, 11) is 0. The number of aromatic nitrogens is 5. The average Bonchev–Trinajstić information content (AvgIpc) is 2.94. The highest BCUT2D eigenvalue weighted by Gasteiger charge is 2.34. The number of nitrogens with zero attached hydrogens (tertiary/aromatic N) is 7. The van der Waals surface area contributed by atoms with Gasteiger partial charge in [0, 0.05) is 57.5 Å². The van der Waals surface area contributed by atoms with Crippen LogP contribution in [-0.2, 0) is 0 Å². The van der Waals surface area contributed by atoms with E-state index in [-0.39, 0.29) is 0 Å². The summed E-state index contributed by atoms with van der Waals surface area (Å²) < 4.78 is 0. The summed E-state index contributed by atoms with van der Waals surface area (Å²) in [5.74, 6) is 1.71. The van der Waals surface area contributed by atoms with E-state index in [0.29, 0.717) is 35.2 Å². The smallest absolute Gasteiger partial charge is 0.239 e. The van der Waals surface area contributed by atoms with Crippen LogP contribution >= 0.6 is 0 Å². The third-order valence-corrected chi connectivity index (χ3v) is 8.15. The highest BCUT2D eigenvalue weighted by atomic mass is 15.3. The third kappa shape index (κ3) is 4.40. The average molecular weight is 533 g/mol.